The lowest BCUT2D eigenvalue weighted by molar-refractivity contribution is -0.870. The number of quaternary nitrogens is 1. The topological polar surface area (TPSA) is 131 Å². The molecule has 356 valence electrons. The van der Waals surface area contributed by atoms with E-state index >= 15 is 0 Å². The fourth-order valence-corrected chi connectivity index (χ4v) is 7.31. The minimum absolute atomic E-state index is 0.00256. The molecule has 0 saturated carbocycles. The molecule has 0 bridgehead atoms. The molecular formula is C50H92NO9P. The first-order valence-corrected chi connectivity index (χ1v) is 25.9. The smallest absolute Gasteiger partial charge is 0.306 e. The van der Waals surface area contributed by atoms with Crippen LogP contribution in [0.25, 0.3) is 0 Å². The second-order valence-corrected chi connectivity index (χ2v) is 19.1. The minimum Gasteiger partial charge on any atom is -0.756 e. The Labute approximate surface area is 374 Å². The Morgan fingerprint density at radius 3 is 1.66 bits per heavy atom. The van der Waals surface area contributed by atoms with E-state index in [4.69, 9.17) is 18.5 Å². The first-order valence-electron chi connectivity index (χ1n) is 24.5. The number of carbonyl (C=O) groups is 2. The highest BCUT2D eigenvalue weighted by molar-refractivity contribution is 7.45. The molecule has 10 nitrogen and oxygen atoms in total. The molecule has 0 aromatic heterocycles. The van der Waals surface area contributed by atoms with Gasteiger partial charge in [-0.15, -0.1) is 0 Å². The SMILES string of the molecule is CCCCC/C=C\C/C=C\C/C=C\C=C\[C@H](O)CCCC(=O)O[C@H](COC(=O)CCCCCCCCCCCCCCCCCCCCC)COP(=O)([O-])OCC[N+](C)(C)C. The fraction of sp³-hybridized carbons (Fsp3) is 0.800. The second-order valence-electron chi connectivity index (χ2n) is 17.7. The van der Waals surface area contributed by atoms with Crippen molar-refractivity contribution in [3.63, 3.8) is 0 Å². The van der Waals surface area contributed by atoms with Crippen molar-refractivity contribution < 1.29 is 47.2 Å². The quantitative estimate of drug-likeness (QED) is 0.0159. The molecule has 0 heterocycles. The number of allylic oxidation sites excluding steroid dienone is 7. The third kappa shape index (κ3) is 45.8. The third-order valence-corrected chi connectivity index (χ3v) is 11.4. The van der Waals surface area contributed by atoms with Crippen molar-refractivity contribution in [1.29, 1.82) is 0 Å². The number of likely N-dealkylation sites (N-methyl/N-ethyl adjacent to an activating group) is 1. The standard InChI is InChI=1S/C50H92NO9P/c1-6-8-10-12-14-16-18-20-21-22-23-24-25-27-29-31-33-35-37-41-49(53)57-45-48(46-59-61(55,56)58-44-43-51(3,4)5)60-50(54)42-38-40-47(52)39-36-34-32-30-28-26-19-17-15-13-11-9-7-2/h15,17,26,28,32,34,36,39,47-48,52H,6-14,16,18-25,27,29-31,33,35,37-38,40-46H2,1-5H3/b17-15-,28-26-,34-32-,39-36+/t47-,48+/m0/s1. The maximum absolute atomic E-state index is 12.7. The first-order chi connectivity index (χ1) is 29.4. The largest absolute Gasteiger partial charge is 0.756 e. The number of hydrogen-bond acceptors (Lipinski definition) is 9. The molecule has 0 rings (SSSR count). The average Bonchev–Trinajstić information content (AvgIpc) is 3.21. The predicted octanol–water partition coefficient (Wildman–Crippen LogP) is 12.6. The van der Waals surface area contributed by atoms with Crippen LogP contribution in [0.2, 0.25) is 0 Å². The van der Waals surface area contributed by atoms with Gasteiger partial charge in [-0.1, -0.05) is 191 Å². The maximum Gasteiger partial charge on any atom is 0.306 e. The Balaban J connectivity index is 4.44. The van der Waals surface area contributed by atoms with Crippen molar-refractivity contribution >= 4 is 19.8 Å². The molecule has 1 N–H and O–H groups in total. The van der Waals surface area contributed by atoms with Gasteiger partial charge < -0.3 is 33.0 Å². The van der Waals surface area contributed by atoms with Crippen LogP contribution in [0, 0.1) is 0 Å². The Hall–Kier alpha value is -2.07. The number of phosphoric ester groups is 1. The van der Waals surface area contributed by atoms with Crippen LogP contribution < -0.4 is 4.89 Å². The Morgan fingerprint density at radius 1 is 0.607 bits per heavy atom. The van der Waals surface area contributed by atoms with Crippen LogP contribution >= 0.6 is 7.82 Å². The van der Waals surface area contributed by atoms with E-state index < -0.39 is 38.6 Å². The van der Waals surface area contributed by atoms with Gasteiger partial charge in [0, 0.05) is 12.8 Å². The van der Waals surface area contributed by atoms with Gasteiger partial charge in [0.2, 0.25) is 0 Å². The van der Waals surface area contributed by atoms with E-state index in [0.29, 0.717) is 30.3 Å². The summed E-state index contributed by atoms with van der Waals surface area (Å²) in [6.45, 7) is 3.99. The molecule has 3 atom stereocenters. The Morgan fingerprint density at radius 2 is 1.10 bits per heavy atom. The molecule has 0 aromatic carbocycles. The van der Waals surface area contributed by atoms with Gasteiger partial charge in [0.1, 0.15) is 19.8 Å². The number of hydrogen-bond donors (Lipinski definition) is 1. The number of phosphoric acid groups is 1. The monoisotopic (exact) mass is 882 g/mol. The summed E-state index contributed by atoms with van der Waals surface area (Å²) in [4.78, 5) is 37.7. The lowest BCUT2D eigenvalue weighted by atomic mass is 10.0. The molecule has 0 aliphatic rings. The molecule has 0 aliphatic carbocycles. The average molecular weight is 882 g/mol. The van der Waals surface area contributed by atoms with Gasteiger partial charge in [0.05, 0.1) is 33.9 Å². The van der Waals surface area contributed by atoms with E-state index in [1.807, 2.05) is 33.3 Å². The Bertz CT molecular complexity index is 1200. The number of aliphatic hydroxyl groups excluding tert-OH is 1. The molecule has 0 spiro atoms. The van der Waals surface area contributed by atoms with Crippen molar-refractivity contribution in [2.45, 2.75) is 212 Å². The van der Waals surface area contributed by atoms with E-state index in [2.05, 4.69) is 38.2 Å². The van der Waals surface area contributed by atoms with Gasteiger partial charge in [0.25, 0.3) is 7.82 Å². The molecule has 0 amide bonds. The zero-order valence-corrected chi connectivity index (χ0v) is 40.6. The zero-order chi connectivity index (χ0) is 45.1. The summed E-state index contributed by atoms with van der Waals surface area (Å²) in [6, 6.07) is 0. The fourth-order valence-electron chi connectivity index (χ4n) is 6.58. The number of aliphatic hydroxyl groups is 1. The molecule has 0 aliphatic heterocycles. The molecule has 0 radical (unpaired) electrons. The second kappa shape index (κ2) is 41.9. The minimum atomic E-state index is -4.68. The highest BCUT2D eigenvalue weighted by Crippen LogP contribution is 2.38. The van der Waals surface area contributed by atoms with Crippen LogP contribution in [0.3, 0.4) is 0 Å². The van der Waals surface area contributed by atoms with E-state index in [9.17, 15) is 24.2 Å². The normalized spacial score (nSPS) is 14.4. The summed E-state index contributed by atoms with van der Waals surface area (Å²) in [5.74, 6) is -1.03. The molecule has 0 aromatic rings. The van der Waals surface area contributed by atoms with Gasteiger partial charge >= 0.3 is 11.9 Å². The van der Waals surface area contributed by atoms with Crippen LogP contribution in [-0.4, -0.2) is 81.2 Å². The summed E-state index contributed by atoms with van der Waals surface area (Å²) in [7, 11) is 1.05. The van der Waals surface area contributed by atoms with E-state index in [-0.39, 0.29) is 26.1 Å². The van der Waals surface area contributed by atoms with E-state index in [0.717, 1.165) is 38.5 Å². The van der Waals surface area contributed by atoms with Gasteiger partial charge in [-0.2, -0.15) is 0 Å². The lowest BCUT2D eigenvalue weighted by Crippen LogP contribution is -2.37. The molecule has 1 unspecified atom stereocenters. The van der Waals surface area contributed by atoms with Gasteiger partial charge in [-0.25, -0.2) is 0 Å². The zero-order valence-electron chi connectivity index (χ0n) is 39.7. The number of esters is 2. The number of unbranched alkanes of at least 4 members (excludes halogenated alkanes) is 21. The number of ether oxygens (including phenoxy) is 2. The highest BCUT2D eigenvalue weighted by Gasteiger charge is 2.22. The highest BCUT2D eigenvalue weighted by atomic mass is 31.2. The van der Waals surface area contributed by atoms with Crippen molar-refractivity contribution in [3.8, 4) is 0 Å². The summed E-state index contributed by atoms with van der Waals surface area (Å²) in [5.41, 5.74) is 0. The van der Waals surface area contributed by atoms with Crippen LogP contribution in [0.1, 0.15) is 200 Å². The van der Waals surface area contributed by atoms with Gasteiger partial charge in [0.15, 0.2) is 6.10 Å². The van der Waals surface area contributed by atoms with Crippen LogP contribution in [0.15, 0.2) is 48.6 Å². The summed E-state index contributed by atoms with van der Waals surface area (Å²) in [5, 5.41) is 10.3. The Kier molecular flexibility index (Phi) is 40.5. The predicted molar refractivity (Wildman–Crippen MR) is 251 cm³/mol. The summed E-state index contributed by atoms with van der Waals surface area (Å²) < 4.78 is 33.8. The van der Waals surface area contributed by atoms with Crippen molar-refractivity contribution in [3.05, 3.63) is 48.6 Å². The molecule has 0 fully saturated rings. The first kappa shape index (κ1) is 58.9. The van der Waals surface area contributed by atoms with Crippen LogP contribution in [0.4, 0.5) is 0 Å². The number of nitrogens with zero attached hydrogens (tertiary/aromatic N) is 1. The maximum atomic E-state index is 12.7. The number of rotatable bonds is 44. The van der Waals surface area contributed by atoms with Crippen LogP contribution in [0.5, 0.6) is 0 Å². The van der Waals surface area contributed by atoms with Crippen molar-refractivity contribution in [2.75, 3.05) is 47.5 Å². The van der Waals surface area contributed by atoms with Gasteiger partial charge in [-0.05, 0) is 44.9 Å². The third-order valence-electron chi connectivity index (χ3n) is 10.5. The van der Waals surface area contributed by atoms with Crippen molar-refractivity contribution in [2.24, 2.45) is 0 Å². The lowest BCUT2D eigenvalue weighted by Gasteiger charge is -2.28. The molecule has 11 heteroatoms. The molecule has 61 heavy (non-hydrogen) atoms. The molecule has 0 saturated heterocycles. The van der Waals surface area contributed by atoms with E-state index in [1.165, 1.54) is 116 Å². The van der Waals surface area contributed by atoms with E-state index in [1.54, 1.807) is 12.2 Å². The van der Waals surface area contributed by atoms with Crippen molar-refractivity contribution in [1.82, 2.24) is 0 Å². The number of carbonyl (C=O) groups excluding carboxylic acids is 2. The molecular weight excluding hydrogens is 790 g/mol. The van der Waals surface area contributed by atoms with Gasteiger partial charge in [-0.3, -0.25) is 14.2 Å². The summed E-state index contributed by atoms with van der Waals surface area (Å²) >= 11 is 0. The summed E-state index contributed by atoms with van der Waals surface area (Å²) in [6.07, 6.45) is 46.0. The van der Waals surface area contributed by atoms with Crippen LogP contribution in [-0.2, 0) is 32.7 Å².